The zero-order chi connectivity index (χ0) is 13.7. The molecule has 1 heterocycles. The summed E-state index contributed by atoms with van der Waals surface area (Å²) in [5.74, 6) is 0.496. The van der Waals surface area contributed by atoms with E-state index in [2.05, 4.69) is 15.5 Å². The first-order valence-corrected chi connectivity index (χ1v) is 7.92. The molecule has 1 aromatic heterocycles. The fraction of sp³-hybridized carbons (Fsp3) is 0.182. The Labute approximate surface area is 128 Å². The summed E-state index contributed by atoms with van der Waals surface area (Å²) < 4.78 is 0.851. The second-order valence-corrected chi connectivity index (χ2v) is 6.44. The molecule has 0 saturated heterocycles. The number of rotatable bonds is 5. The molecule has 0 bridgehead atoms. The fourth-order valence-electron chi connectivity index (χ4n) is 1.28. The van der Waals surface area contributed by atoms with Crippen LogP contribution in [0.2, 0.25) is 10.0 Å². The van der Waals surface area contributed by atoms with Crippen molar-refractivity contribution in [3.05, 3.63) is 33.8 Å². The molecule has 0 unspecified atom stereocenters. The maximum atomic E-state index is 11.8. The van der Waals surface area contributed by atoms with Crippen molar-refractivity contribution in [3.63, 3.8) is 0 Å². The van der Waals surface area contributed by atoms with Crippen LogP contribution >= 0.6 is 46.3 Å². The van der Waals surface area contributed by atoms with Crippen molar-refractivity contribution in [1.29, 1.82) is 0 Å². The lowest BCUT2D eigenvalue weighted by Gasteiger charge is -2.08. The van der Waals surface area contributed by atoms with Crippen LogP contribution in [0, 0.1) is 0 Å². The number of amides is 1. The zero-order valence-corrected chi connectivity index (χ0v) is 12.7. The normalized spacial score (nSPS) is 10.4. The fourth-order valence-corrected chi connectivity index (χ4v) is 3.26. The van der Waals surface area contributed by atoms with E-state index in [1.807, 2.05) is 0 Å². The highest BCUT2D eigenvalue weighted by molar-refractivity contribution is 8.01. The Bertz CT molecular complexity index is 543. The van der Waals surface area contributed by atoms with Crippen molar-refractivity contribution in [2.24, 2.45) is 0 Å². The van der Waals surface area contributed by atoms with Crippen molar-refractivity contribution in [2.75, 3.05) is 11.1 Å². The van der Waals surface area contributed by atoms with E-state index in [1.54, 1.807) is 23.7 Å². The number of hydrogen-bond acceptors (Lipinski definition) is 5. The third kappa shape index (κ3) is 4.35. The van der Waals surface area contributed by atoms with Gasteiger partial charge in [0.25, 0.3) is 0 Å². The predicted molar refractivity (Wildman–Crippen MR) is 80.3 cm³/mol. The zero-order valence-electron chi connectivity index (χ0n) is 9.60. The number of aromatic nitrogens is 2. The molecule has 0 spiro atoms. The van der Waals surface area contributed by atoms with E-state index < -0.39 is 0 Å². The van der Waals surface area contributed by atoms with E-state index in [9.17, 15) is 4.79 Å². The number of para-hydroxylation sites is 1. The molecular weight excluding hydrogens is 325 g/mol. The van der Waals surface area contributed by atoms with E-state index in [-0.39, 0.29) is 5.91 Å². The van der Waals surface area contributed by atoms with Crippen LogP contribution < -0.4 is 5.32 Å². The average Bonchev–Trinajstić information content (AvgIpc) is 2.87. The standard InChI is InChI=1S/C11H9Cl2N3OS2/c12-7-2-1-3-8(13)10(7)15-9(17)4-5-18-11-16-14-6-19-11/h1-3,6H,4-5H2,(H,15,17). The second-order valence-electron chi connectivity index (χ2n) is 3.45. The topological polar surface area (TPSA) is 54.9 Å². The number of carbonyl (C=O) groups is 1. The van der Waals surface area contributed by atoms with Gasteiger partial charge in [0.2, 0.25) is 5.91 Å². The van der Waals surface area contributed by atoms with Crippen molar-refractivity contribution >= 4 is 57.9 Å². The Balaban J connectivity index is 1.84. The molecule has 1 amide bonds. The molecule has 0 aliphatic heterocycles. The Morgan fingerprint density at radius 2 is 2.11 bits per heavy atom. The largest absolute Gasteiger partial charge is 0.324 e. The minimum absolute atomic E-state index is 0.132. The van der Waals surface area contributed by atoms with Crippen LogP contribution in [0.3, 0.4) is 0 Å². The van der Waals surface area contributed by atoms with E-state index in [0.29, 0.717) is 27.9 Å². The summed E-state index contributed by atoms with van der Waals surface area (Å²) >= 11 is 14.9. The molecule has 0 aliphatic rings. The van der Waals surface area contributed by atoms with Crippen molar-refractivity contribution in [3.8, 4) is 0 Å². The monoisotopic (exact) mass is 333 g/mol. The Kier molecular flexibility index (Phi) is 5.45. The highest BCUT2D eigenvalue weighted by Gasteiger charge is 2.09. The summed E-state index contributed by atoms with van der Waals surface area (Å²) in [6.45, 7) is 0. The van der Waals surface area contributed by atoms with Gasteiger partial charge in [0, 0.05) is 12.2 Å². The molecule has 100 valence electrons. The summed E-state index contributed by atoms with van der Waals surface area (Å²) in [7, 11) is 0. The molecule has 0 fully saturated rings. The lowest BCUT2D eigenvalue weighted by Crippen LogP contribution is -2.12. The number of nitrogens with zero attached hydrogens (tertiary/aromatic N) is 2. The first-order chi connectivity index (χ1) is 9.16. The van der Waals surface area contributed by atoms with Crippen molar-refractivity contribution in [1.82, 2.24) is 10.2 Å². The number of carbonyl (C=O) groups excluding carboxylic acids is 1. The van der Waals surface area contributed by atoms with Crippen LogP contribution in [-0.2, 0) is 4.79 Å². The maximum absolute atomic E-state index is 11.8. The molecule has 0 atom stereocenters. The van der Waals surface area contributed by atoms with E-state index >= 15 is 0 Å². The summed E-state index contributed by atoms with van der Waals surface area (Å²) in [5, 5.41) is 11.2. The number of halogens is 2. The van der Waals surface area contributed by atoms with Gasteiger partial charge in [0.05, 0.1) is 15.7 Å². The SMILES string of the molecule is O=C(CCSc1nncs1)Nc1c(Cl)cccc1Cl. The Morgan fingerprint density at radius 3 is 2.74 bits per heavy atom. The molecule has 0 radical (unpaired) electrons. The number of nitrogens with one attached hydrogen (secondary N) is 1. The molecule has 19 heavy (non-hydrogen) atoms. The van der Waals surface area contributed by atoms with E-state index in [4.69, 9.17) is 23.2 Å². The Hall–Kier alpha value is -0.820. The van der Waals surface area contributed by atoms with Gasteiger partial charge in [0.15, 0.2) is 4.34 Å². The number of benzene rings is 1. The second kappa shape index (κ2) is 7.09. The molecule has 4 nitrogen and oxygen atoms in total. The summed E-state index contributed by atoms with van der Waals surface area (Å²) in [6, 6.07) is 5.09. The molecule has 0 aliphatic carbocycles. The smallest absolute Gasteiger partial charge is 0.225 e. The predicted octanol–water partition coefficient (Wildman–Crippen LogP) is 3.97. The van der Waals surface area contributed by atoms with Crippen LogP contribution in [0.4, 0.5) is 5.69 Å². The summed E-state index contributed by atoms with van der Waals surface area (Å²) in [6.07, 6.45) is 0.353. The van der Waals surface area contributed by atoms with Gasteiger partial charge in [-0.2, -0.15) is 0 Å². The number of thioether (sulfide) groups is 1. The summed E-state index contributed by atoms with van der Waals surface area (Å²) in [4.78, 5) is 11.8. The molecule has 2 aromatic rings. The third-order valence-electron chi connectivity index (χ3n) is 2.12. The maximum Gasteiger partial charge on any atom is 0.225 e. The van der Waals surface area contributed by atoms with Gasteiger partial charge in [-0.1, -0.05) is 52.4 Å². The van der Waals surface area contributed by atoms with Crippen molar-refractivity contribution in [2.45, 2.75) is 10.8 Å². The van der Waals surface area contributed by atoms with Crippen molar-refractivity contribution < 1.29 is 4.79 Å². The third-order valence-corrected chi connectivity index (χ3v) is 4.61. The van der Waals surface area contributed by atoms with Crippen LogP contribution in [0.1, 0.15) is 6.42 Å². The quantitative estimate of drug-likeness (QED) is 0.841. The van der Waals surface area contributed by atoms with Crippen LogP contribution in [-0.4, -0.2) is 21.9 Å². The van der Waals surface area contributed by atoms with E-state index in [0.717, 1.165) is 4.34 Å². The van der Waals surface area contributed by atoms with Gasteiger partial charge < -0.3 is 5.32 Å². The van der Waals surface area contributed by atoms with Gasteiger partial charge >= 0.3 is 0 Å². The van der Waals surface area contributed by atoms with Gasteiger partial charge in [-0.05, 0) is 12.1 Å². The molecule has 0 saturated carbocycles. The van der Waals surface area contributed by atoms with Crippen LogP contribution in [0.5, 0.6) is 0 Å². The molecule has 1 aromatic carbocycles. The number of anilines is 1. The minimum Gasteiger partial charge on any atom is -0.324 e. The molecule has 1 N–H and O–H groups in total. The average molecular weight is 334 g/mol. The first-order valence-electron chi connectivity index (χ1n) is 5.29. The highest BCUT2D eigenvalue weighted by atomic mass is 35.5. The molecular formula is C11H9Cl2N3OS2. The summed E-state index contributed by atoms with van der Waals surface area (Å²) in [5.41, 5.74) is 2.11. The highest BCUT2D eigenvalue weighted by Crippen LogP contribution is 2.30. The van der Waals surface area contributed by atoms with Gasteiger partial charge in [-0.3, -0.25) is 4.79 Å². The van der Waals surface area contributed by atoms with Gasteiger partial charge in [-0.15, -0.1) is 10.2 Å². The lowest BCUT2D eigenvalue weighted by atomic mass is 10.3. The van der Waals surface area contributed by atoms with E-state index in [1.165, 1.54) is 23.1 Å². The van der Waals surface area contributed by atoms with Crippen LogP contribution in [0.25, 0.3) is 0 Å². The van der Waals surface area contributed by atoms with Crippen LogP contribution in [0.15, 0.2) is 28.0 Å². The molecule has 8 heteroatoms. The first kappa shape index (κ1) is 14.6. The lowest BCUT2D eigenvalue weighted by molar-refractivity contribution is -0.115. The van der Waals surface area contributed by atoms with Gasteiger partial charge in [-0.25, -0.2) is 0 Å². The number of hydrogen-bond donors (Lipinski definition) is 1. The minimum atomic E-state index is -0.132. The molecule has 2 rings (SSSR count). The van der Waals surface area contributed by atoms with Gasteiger partial charge in [0.1, 0.15) is 5.51 Å². The Morgan fingerprint density at radius 1 is 1.37 bits per heavy atom.